The lowest BCUT2D eigenvalue weighted by atomic mass is 10.0. The van der Waals surface area contributed by atoms with Crippen LogP contribution in [0.15, 0.2) is 60.7 Å². The standard InChI is InChI=1S/C22H28N2O.ClH/c1-2-22(25)24(20-11-7-4-8-12-20)21-14-17-23(18-15-21)16-13-19-9-5-3-6-10-19;/h3-12,21H,2,13-18H2,1H3;1H/i4+1,7+1,8+1,11+1,12+1,20+1;. The third kappa shape index (κ3) is 5.33. The maximum absolute atomic E-state index is 12.5. The second-order valence-electron chi connectivity index (χ2n) is 6.76. The van der Waals surface area contributed by atoms with Crippen LogP contribution in [0.3, 0.4) is 0 Å². The van der Waals surface area contributed by atoms with Crippen LogP contribution in [0.4, 0.5) is 5.69 Å². The van der Waals surface area contributed by atoms with Gasteiger partial charge in [0.1, 0.15) is 0 Å². The molecule has 0 spiro atoms. The van der Waals surface area contributed by atoms with Gasteiger partial charge in [-0.05, 0) is 37.0 Å². The van der Waals surface area contributed by atoms with Crippen molar-refractivity contribution in [1.82, 2.24) is 4.90 Å². The molecule has 1 saturated heterocycles. The van der Waals surface area contributed by atoms with Gasteiger partial charge in [-0.2, -0.15) is 0 Å². The fraction of sp³-hybridized carbons (Fsp3) is 0.409. The van der Waals surface area contributed by atoms with Gasteiger partial charge in [0.2, 0.25) is 5.91 Å². The molecule has 0 atom stereocenters. The highest BCUT2D eigenvalue weighted by Crippen LogP contribution is 2.24. The van der Waals surface area contributed by atoms with Crippen molar-refractivity contribution in [2.45, 2.75) is 38.6 Å². The SMILES string of the molecule is CCC(=O)N(C1CCN(CCc2ccccc2)CC1)[13c]1[13cH][13cH][13cH][13cH][13cH]1.Cl. The molecular weight excluding hydrogens is 350 g/mol. The first-order chi connectivity index (χ1) is 12.3. The lowest BCUT2D eigenvalue weighted by Gasteiger charge is -2.38. The molecule has 0 aromatic heterocycles. The van der Waals surface area contributed by atoms with E-state index < -0.39 is 0 Å². The molecular formula is C22H29ClN2O. The first kappa shape index (κ1) is 20.5. The van der Waals surface area contributed by atoms with Crippen LogP contribution in [0.5, 0.6) is 0 Å². The number of rotatable bonds is 6. The van der Waals surface area contributed by atoms with E-state index in [-0.39, 0.29) is 18.3 Å². The Morgan fingerprint density at radius 1 is 1.00 bits per heavy atom. The Labute approximate surface area is 163 Å². The van der Waals surface area contributed by atoms with Crippen LogP contribution in [0.2, 0.25) is 0 Å². The fourth-order valence-electron chi connectivity index (χ4n) is 3.65. The Morgan fingerprint density at radius 2 is 1.58 bits per heavy atom. The van der Waals surface area contributed by atoms with Crippen molar-refractivity contribution in [3.63, 3.8) is 0 Å². The summed E-state index contributed by atoms with van der Waals surface area (Å²) in [5, 5.41) is 0. The number of halogens is 1. The fourth-order valence-corrected chi connectivity index (χ4v) is 3.65. The number of anilines is 1. The largest absolute Gasteiger partial charge is 0.309 e. The summed E-state index contributed by atoms with van der Waals surface area (Å²) < 4.78 is 0. The van der Waals surface area contributed by atoms with E-state index in [2.05, 4.69) is 47.4 Å². The number of hydrogen-bond donors (Lipinski definition) is 0. The molecule has 1 heterocycles. The third-order valence-corrected chi connectivity index (χ3v) is 5.09. The van der Waals surface area contributed by atoms with Crippen molar-refractivity contribution in [2.24, 2.45) is 0 Å². The highest BCUT2D eigenvalue weighted by molar-refractivity contribution is 5.93. The molecule has 0 N–H and O–H groups in total. The average molecular weight is 379 g/mol. The Balaban J connectivity index is 0.00000243. The number of nitrogens with zero attached hydrogens (tertiary/aromatic N) is 2. The van der Waals surface area contributed by atoms with Gasteiger partial charge in [0.15, 0.2) is 0 Å². The molecule has 3 nitrogen and oxygen atoms in total. The molecule has 26 heavy (non-hydrogen) atoms. The van der Waals surface area contributed by atoms with Gasteiger partial charge >= 0.3 is 0 Å². The number of hydrogen-bond acceptors (Lipinski definition) is 2. The topological polar surface area (TPSA) is 23.6 Å². The number of amides is 1. The number of benzene rings is 2. The van der Waals surface area contributed by atoms with Crippen LogP contribution >= 0.6 is 12.4 Å². The molecule has 1 fully saturated rings. The summed E-state index contributed by atoms with van der Waals surface area (Å²) in [6, 6.07) is 21.1. The molecule has 4 heteroatoms. The van der Waals surface area contributed by atoms with Crippen LogP contribution < -0.4 is 4.90 Å². The predicted octanol–water partition coefficient (Wildman–Crippen LogP) is 4.56. The van der Waals surface area contributed by atoms with Crippen LogP contribution in [0.25, 0.3) is 0 Å². The van der Waals surface area contributed by atoms with E-state index in [4.69, 9.17) is 0 Å². The van der Waals surface area contributed by atoms with Crippen molar-refractivity contribution in [2.75, 3.05) is 24.5 Å². The van der Waals surface area contributed by atoms with Gasteiger partial charge in [-0.25, -0.2) is 0 Å². The van der Waals surface area contributed by atoms with Crippen molar-refractivity contribution in [3.05, 3.63) is 66.2 Å². The van der Waals surface area contributed by atoms with E-state index in [0.29, 0.717) is 12.5 Å². The molecule has 2 aromatic rings. The molecule has 0 unspecified atom stereocenters. The molecule has 0 bridgehead atoms. The van der Waals surface area contributed by atoms with Gasteiger partial charge in [0, 0.05) is 37.8 Å². The number of likely N-dealkylation sites (tertiary alicyclic amines) is 1. The minimum absolute atomic E-state index is 0. The molecule has 0 saturated carbocycles. The number of carbonyl (C=O) groups is 1. The van der Waals surface area contributed by atoms with E-state index in [9.17, 15) is 4.79 Å². The summed E-state index contributed by atoms with van der Waals surface area (Å²) >= 11 is 0. The molecule has 1 aliphatic heterocycles. The Hall–Kier alpha value is -1.84. The second-order valence-corrected chi connectivity index (χ2v) is 6.76. The quantitative estimate of drug-likeness (QED) is 0.735. The number of carbonyl (C=O) groups excluding carboxylic acids is 1. The van der Waals surface area contributed by atoms with Gasteiger partial charge in [0.05, 0.1) is 0 Å². The van der Waals surface area contributed by atoms with Gasteiger partial charge < -0.3 is 9.80 Å². The predicted molar refractivity (Wildman–Crippen MR) is 111 cm³/mol. The Morgan fingerprint density at radius 3 is 2.15 bits per heavy atom. The normalized spacial score (nSPS) is 15.3. The van der Waals surface area contributed by atoms with E-state index >= 15 is 0 Å². The van der Waals surface area contributed by atoms with E-state index in [1.54, 1.807) is 0 Å². The van der Waals surface area contributed by atoms with Crippen molar-refractivity contribution in [1.29, 1.82) is 0 Å². The molecule has 2 aromatic carbocycles. The summed E-state index contributed by atoms with van der Waals surface area (Å²) in [5.74, 6) is 0.230. The highest BCUT2D eigenvalue weighted by atomic mass is 35.5. The van der Waals surface area contributed by atoms with Gasteiger partial charge in [-0.1, -0.05) is 55.5 Å². The first-order valence-electron chi connectivity index (χ1n) is 9.41. The maximum atomic E-state index is 12.5. The molecule has 0 radical (unpaired) electrons. The lowest BCUT2D eigenvalue weighted by Crippen LogP contribution is -2.47. The lowest BCUT2D eigenvalue weighted by molar-refractivity contribution is -0.119. The summed E-state index contributed by atoms with van der Waals surface area (Å²) in [4.78, 5) is 17.1. The van der Waals surface area contributed by atoms with E-state index in [0.717, 1.165) is 44.6 Å². The molecule has 0 aliphatic carbocycles. The Kier molecular flexibility index (Phi) is 8.14. The van der Waals surface area contributed by atoms with Crippen LogP contribution in [-0.4, -0.2) is 36.5 Å². The number of para-hydroxylation sites is 1. The van der Waals surface area contributed by atoms with Crippen molar-refractivity contribution >= 4 is 24.0 Å². The third-order valence-electron chi connectivity index (χ3n) is 5.09. The highest BCUT2D eigenvalue weighted by Gasteiger charge is 2.28. The van der Waals surface area contributed by atoms with E-state index in [1.165, 1.54) is 5.56 Å². The maximum Gasteiger partial charge on any atom is 0.226 e. The van der Waals surface area contributed by atoms with Crippen molar-refractivity contribution < 1.29 is 4.79 Å². The summed E-state index contributed by atoms with van der Waals surface area (Å²) in [6.07, 6.45) is 3.76. The zero-order valence-corrected chi connectivity index (χ0v) is 16.3. The summed E-state index contributed by atoms with van der Waals surface area (Å²) in [6.45, 7) is 5.19. The molecule has 1 amide bonds. The molecule has 3 rings (SSSR count). The van der Waals surface area contributed by atoms with Gasteiger partial charge in [0.25, 0.3) is 0 Å². The van der Waals surface area contributed by atoms with Crippen LogP contribution in [-0.2, 0) is 11.2 Å². The number of piperidine rings is 1. The van der Waals surface area contributed by atoms with E-state index in [1.807, 2.05) is 30.0 Å². The molecule has 1 aliphatic rings. The molecule has 140 valence electrons. The van der Waals surface area contributed by atoms with Crippen LogP contribution in [0.1, 0.15) is 31.7 Å². The first-order valence-corrected chi connectivity index (χ1v) is 9.41. The second kappa shape index (κ2) is 10.3. The summed E-state index contributed by atoms with van der Waals surface area (Å²) in [5.41, 5.74) is 2.44. The van der Waals surface area contributed by atoms with Crippen molar-refractivity contribution in [3.8, 4) is 0 Å². The monoisotopic (exact) mass is 378 g/mol. The Bertz CT molecular complexity index is 654. The van der Waals surface area contributed by atoms with Crippen LogP contribution in [0, 0.1) is 0 Å². The zero-order chi connectivity index (χ0) is 17.5. The summed E-state index contributed by atoms with van der Waals surface area (Å²) in [7, 11) is 0. The minimum atomic E-state index is 0. The van der Waals surface area contributed by atoms with Gasteiger partial charge in [-0.15, -0.1) is 12.4 Å². The zero-order valence-electron chi connectivity index (χ0n) is 15.5. The van der Waals surface area contributed by atoms with Gasteiger partial charge in [-0.3, -0.25) is 4.79 Å². The average Bonchev–Trinajstić information content (AvgIpc) is 2.69. The minimum Gasteiger partial charge on any atom is -0.309 e. The smallest absolute Gasteiger partial charge is 0.226 e.